The van der Waals surface area contributed by atoms with E-state index in [1.807, 2.05) is 18.2 Å². The smallest absolute Gasteiger partial charge is 0.321 e. The van der Waals surface area contributed by atoms with Crippen molar-refractivity contribution in [1.29, 1.82) is 0 Å². The number of rotatable bonds is 4. The van der Waals surface area contributed by atoms with Crippen LogP contribution in [-0.4, -0.2) is 56.5 Å². The fourth-order valence-electron chi connectivity index (χ4n) is 4.15. The number of fused-ring (bicyclic) bond motifs is 1. The van der Waals surface area contributed by atoms with Gasteiger partial charge in [-0.25, -0.2) is 19.2 Å². The number of urea groups is 1. The third kappa shape index (κ3) is 4.56. The number of aryl methyl sites for hydroxylation is 1. The number of piperazine rings is 1. The molecule has 2 amide bonds. The lowest BCUT2D eigenvalue weighted by Crippen LogP contribution is -2.49. The Balaban J connectivity index is 1.29. The second-order valence-corrected chi connectivity index (χ2v) is 8.25. The molecule has 1 fully saturated rings. The molecule has 2 aromatic heterocycles. The third-order valence-corrected chi connectivity index (χ3v) is 5.87. The Labute approximate surface area is 191 Å². The minimum Gasteiger partial charge on any atom is -0.322 e. The van der Waals surface area contributed by atoms with Crippen molar-refractivity contribution in [2.45, 2.75) is 13.5 Å². The topological polar surface area (TPSA) is 66.3 Å². The first kappa shape index (κ1) is 21.1. The highest BCUT2D eigenvalue weighted by molar-refractivity contribution is 5.89. The quantitative estimate of drug-likeness (QED) is 0.512. The summed E-state index contributed by atoms with van der Waals surface area (Å²) in [6.07, 6.45) is 1.79. The van der Waals surface area contributed by atoms with Crippen LogP contribution in [0.2, 0.25) is 0 Å². The van der Waals surface area contributed by atoms with Crippen molar-refractivity contribution >= 4 is 22.9 Å². The number of nitrogens with one attached hydrogen (secondary N) is 1. The number of carbonyl (C=O) groups excluding carboxylic acids is 1. The van der Waals surface area contributed by atoms with E-state index in [-0.39, 0.29) is 11.8 Å². The van der Waals surface area contributed by atoms with E-state index in [0.717, 1.165) is 35.8 Å². The molecule has 168 valence electrons. The van der Waals surface area contributed by atoms with Gasteiger partial charge in [0.25, 0.3) is 0 Å². The molecule has 7 nitrogen and oxygen atoms in total. The van der Waals surface area contributed by atoms with E-state index in [0.29, 0.717) is 25.3 Å². The molecule has 3 heterocycles. The fraction of sp³-hybridized carbons (Fsp3) is 0.240. The van der Waals surface area contributed by atoms with E-state index in [2.05, 4.69) is 44.9 Å². The molecule has 0 aliphatic carbocycles. The minimum absolute atomic E-state index is 0.169. The number of hydrogen-bond acceptors (Lipinski definition) is 4. The van der Waals surface area contributed by atoms with Gasteiger partial charge in [-0.2, -0.15) is 0 Å². The number of halogens is 1. The van der Waals surface area contributed by atoms with Gasteiger partial charge in [-0.15, -0.1) is 0 Å². The first-order valence-corrected chi connectivity index (χ1v) is 11.0. The SMILES string of the molecule is Cc1cccc(-n2c(CN3CCN(C(=O)Nc4ccc(F)cc4)CC3)nc3cccnc32)c1. The largest absolute Gasteiger partial charge is 0.322 e. The third-order valence-electron chi connectivity index (χ3n) is 5.87. The molecule has 0 atom stereocenters. The molecular weight excluding hydrogens is 419 g/mol. The van der Waals surface area contributed by atoms with Crippen molar-refractivity contribution in [3.63, 3.8) is 0 Å². The molecule has 1 aliphatic heterocycles. The number of nitrogens with zero attached hydrogens (tertiary/aromatic N) is 5. The molecule has 4 aromatic rings. The summed E-state index contributed by atoms with van der Waals surface area (Å²) in [5.41, 5.74) is 4.52. The predicted octanol–water partition coefficient (Wildman–Crippen LogP) is 4.22. The highest BCUT2D eigenvalue weighted by Crippen LogP contribution is 2.22. The van der Waals surface area contributed by atoms with Crippen LogP contribution in [0.3, 0.4) is 0 Å². The van der Waals surface area contributed by atoms with E-state index in [1.54, 1.807) is 23.2 Å². The number of benzene rings is 2. The maximum atomic E-state index is 13.1. The number of amides is 2. The molecule has 1 N–H and O–H groups in total. The Morgan fingerprint density at radius 3 is 2.58 bits per heavy atom. The lowest BCUT2D eigenvalue weighted by atomic mass is 10.2. The van der Waals surface area contributed by atoms with Crippen LogP contribution in [0.1, 0.15) is 11.4 Å². The van der Waals surface area contributed by atoms with Gasteiger partial charge in [-0.3, -0.25) is 9.47 Å². The van der Waals surface area contributed by atoms with Crippen molar-refractivity contribution in [2.75, 3.05) is 31.5 Å². The van der Waals surface area contributed by atoms with Crippen LogP contribution in [0.4, 0.5) is 14.9 Å². The molecular formula is C25H25FN6O. The molecule has 5 rings (SSSR count). The molecule has 0 unspecified atom stereocenters. The Morgan fingerprint density at radius 1 is 1.03 bits per heavy atom. The monoisotopic (exact) mass is 444 g/mol. The number of pyridine rings is 1. The van der Waals surface area contributed by atoms with Crippen LogP contribution in [-0.2, 0) is 6.54 Å². The highest BCUT2D eigenvalue weighted by Gasteiger charge is 2.23. The zero-order valence-electron chi connectivity index (χ0n) is 18.4. The molecule has 2 aromatic carbocycles. The molecule has 8 heteroatoms. The van der Waals surface area contributed by atoms with Crippen LogP contribution in [0.15, 0.2) is 66.9 Å². The molecule has 0 saturated carbocycles. The van der Waals surface area contributed by atoms with Crippen LogP contribution in [0.5, 0.6) is 0 Å². The van der Waals surface area contributed by atoms with Crippen molar-refractivity contribution in [1.82, 2.24) is 24.3 Å². The average molecular weight is 445 g/mol. The van der Waals surface area contributed by atoms with Gasteiger partial charge in [0.2, 0.25) is 0 Å². The van der Waals surface area contributed by atoms with Gasteiger partial charge >= 0.3 is 6.03 Å². The second-order valence-electron chi connectivity index (χ2n) is 8.25. The molecule has 0 spiro atoms. The summed E-state index contributed by atoms with van der Waals surface area (Å²) in [4.78, 5) is 26.1. The number of carbonyl (C=O) groups is 1. The van der Waals surface area contributed by atoms with Gasteiger partial charge in [0.1, 0.15) is 17.2 Å². The average Bonchev–Trinajstić information content (AvgIpc) is 3.19. The van der Waals surface area contributed by atoms with Gasteiger partial charge in [0.05, 0.1) is 6.54 Å². The maximum Gasteiger partial charge on any atom is 0.321 e. The minimum atomic E-state index is -0.325. The van der Waals surface area contributed by atoms with Gasteiger partial charge in [-0.1, -0.05) is 12.1 Å². The summed E-state index contributed by atoms with van der Waals surface area (Å²) in [6.45, 7) is 5.43. The van der Waals surface area contributed by atoms with Crippen LogP contribution in [0, 0.1) is 12.7 Å². The standard InChI is InChI=1S/C25H25FN6O/c1-18-4-2-5-21(16-18)32-23(29-22-6-3-11-27-24(22)32)17-30-12-14-31(15-13-30)25(33)28-20-9-7-19(26)8-10-20/h2-11,16H,12-15,17H2,1H3,(H,28,33). The normalized spacial score (nSPS) is 14.5. The van der Waals surface area contributed by atoms with Gasteiger partial charge < -0.3 is 10.2 Å². The van der Waals surface area contributed by atoms with Crippen molar-refractivity contribution in [3.05, 3.63) is 84.1 Å². The van der Waals surface area contributed by atoms with Crippen LogP contribution >= 0.6 is 0 Å². The summed E-state index contributed by atoms with van der Waals surface area (Å²) in [5.74, 6) is 0.604. The van der Waals surface area contributed by atoms with Gasteiger partial charge in [0.15, 0.2) is 5.65 Å². The van der Waals surface area contributed by atoms with Crippen LogP contribution in [0.25, 0.3) is 16.9 Å². The van der Waals surface area contributed by atoms with Crippen molar-refractivity contribution < 1.29 is 9.18 Å². The van der Waals surface area contributed by atoms with E-state index in [1.165, 1.54) is 17.7 Å². The number of hydrogen-bond donors (Lipinski definition) is 1. The van der Waals surface area contributed by atoms with E-state index in [9.17, 15) is 9.18 Å². The first-order chi connectivity index (χ1) is 16.1. The van der Waals surface area contributed by atoms with Gasteiger partial charge in [-0.05, 0) is 61.0 Å². The summed E-state index contributed by atoms with van der Waals surface area (Å²) in [7, 11) is 0. The fourth-order valence-corrected chi connectivity index (χ4v) is 4.15. The Hall–Kier alpha value is -3.78. The molecule has 0 radical (unpaired) electrons. The zero-order chi connectivity index (χ0) is 22.8. The van der Waals surface area contributed by atoms with E-state index in [4.69, 9.17) is 4.98 Å². The van der Waals surface area contributed by atoms with E-state index < -0.39 is 0 Å². The maximum absolute atomic E-state index is 13.1. The Morgan fingerprint density at radius 2 is 1.82 bits per heavy atom. The summed E-state index contributed by atoms with van der Waals surface area (Å²) in [6, 6.07) is 17.8. The van der Waals surface area contributed by atoms with Crippen molar-refractivity contribution in [2.24, 2.45) is 0 Å². The Bertz CT molecular complexity index is 1280. The highest BCUT2D eigenvalue weighted by atomic mass is 19.1. The second kappa shape index (κ2) is 8.99. The van der Waals surface area contributed by atoms with Crippen molar-refractivity contribution in [3.8, 4) is 5.69 Å². The van der Waals surface area contributed by atoms with E-state index >= 15 is 0 Å². The molecule has 0 bridgehead atoms. The zero-order valence-corrected chi connectivity index (χ0v) is 18.4. The Kier molecular flexibility index (Phi) is 5.75. The summed E-state index contributed by atoms with van der Waals surface area (Å²) < 4.78 is 15.2. The lowest BCUT2D eigenvalue weighted by molar-refractivity contribution is 0.140. The number of aromatic nitrogens is 3. The molecule has 1 saturated heterocycles. The number of anilines is 1. The number of imidazole rings is 1. The van der Waals surface area contributed by atoms with Gasteiger partial charge in [0, 0.05) is 43.8 Å². The molecule has 33 heavy (non-hydrogen) atoms. The first-order valence-electron chi connectivity index (χ1n) is 11.0. The summed E-state index contributed by atoms with van der Waals surface area (Å²) >= 11 is 0. The summed E-state index contributed by atoms with van der Waals surface area (Å²) in [5, 5.41) is 2.83. The predicted molar refractivity (Wildman–Crippen MR) is 126 cm³/mol. The van der Waals surface area contributed by atoms with Crippen LogP contribution < -0.4 is 5.32 Å². The lowest BCUT2D eigenvalue weighted by Gasteiger charge is -2.34. The molecule has 1 aliphatic rings.